The van der Waals surface area contributed by atoms with E-state index < -0.39 is 0 Å². The molecule has 0 spiro atoms. The monoisotopic (exact) mass is 418 g/mol. The molecular weight excluding hydrogens is 380 g/mol. The maximum atomic E-state index is 5.84. The number of nitrogens with one attached hydrogen (secondary N) is 2. The highest BCUT2D eigenvalue weighted by atomic mass is 32.2. The van der Waals surface area contributed by atoms with Crippen LogP contribution in [0.5, 0.6) is 0 Å². The first kappa shape index (κ1) is 22.4. The third-order valence-electron chi connectivity index (χ3n) is 5.75. The first-order valence-corrected chi connectivity index (χ1v) is 12.4. The molecule has 2 N–H and O–H groups in total. The average Bonchev–Trinajstić information content (AvgIpc) is 3.14. The Kier molecular flexibility index (Phi) is 8.69. The zero-order valence-corrected chi connectivity index (χ0v) is 19.3. The van der Waals surface area contributed by atoms with Gasteiger partial charge in [0, 0.05) is 37.5 Å². The van der Waals surface area contributed by atoms with E-state index in [-0.39, 0.29) is 0 Å². The average molecular weight is 419 g/mol. The summed E-state index contributed by atoms with van der Waals surface area (Å²) >= 11 is 1.99. The molecule has 2 aliphatic rings. The molecule has 3 rings (SSSR count). The van der Waals surface area contributed by atoms with E-state index in [9.17, 15) is 0 Å². The highest BCUT2D eigenvalue weighted by molar-refractivity contribution is 7.99. The fourth-order valence-electron chi connectivity index (χ4n) is 4.39. The van der Waals surface area contributed by atoms with Gasteiger partial charge >= 0.3 is 0 Å². The van der Waals surface area contributed by atoms with Gasteiger partial charge in [-0.3, -0.25) is 4.90 Å². The van der Waals surface area contributed by atoms with Gasteiger partial charge in [-0.1, -0.05) is 24.3 Å². The van der Waals surface area contributed by atoms with Crippen molar-refractivity contribution in [2.75, 3.05) is 25.9 Å². The molecule has 0 bridgehead atoms. The minimum absolute atomic E-state index is 0.315. The van der Waals surface area contributed by atoms with Gasteiger partial charge in [-0.05, 0) is 57.4 Å². The Bertz CT molecular complexity index is 641. The van der Waals surface area contributed by atoms with Crippen LogP contribution in [-0.2, 0) is 17.8 Å². The third-order valence-corrected chi connectivity index (χ3v) is 6.84. The van der Waals surface area contributed by atoms with Crippen LogP contribution in [0.4, 0.5) is 0 Å². The summed E-state index contributed by atoms with van der Waals surface area (Å²) < 4.78 is 5.84. The van der Waals surface area contributed by atoms with E-state index in [2.05, 4.69) is 66.8 Å². The zero-order valence-electron chi connectivity index (χ0n) is 18.5. The third kappa shape index (κ3) is 7.19. The van der Waals surface area contributed by atoms with Crippen LogP contribution in [0, 0.1) is 0 Å². The van der Waals surface area contributed by atoms with Crippen molar-refractivity contribution in [3.05, 3.63) is 35.4 Å². The molecular formula is C23H38N4OS. The lowest BCUT2D eigenvalue weighted by Gasteiger charge is -2.35. The molecule has 1 aromatic carbocycles. The Morgan fingerprint density at radius 3 is 2.45 bits per heavy atom. The number of morpholine rings is 1. The summed E-state index contributed by atoms with van der Waals surface area (Å²) in [6, 6.07) is 9.47. The molecule has 2 fully saturated rings. The predicted molar refractivity (Wildman–Crippen MR) is 125 cm³/mol. The van der Waals surface area contributed by atoms with Crippen LogP contribution in [0.3, 0.4) is 0 Å². The molecule has 0 radical (unpaired) electrons. The molecule has 5 nitrogen and oxygen atoms in total. The second-order valence-electron chi connectivity index (χ2n) is 8.48. The van der Waals surface area contributed by atoms with Gasteiger partial charge in [-0.15, -0.1) is 0 Å². The minimum Gasteiger partial charge on any atom is -0.373 e. The van der Waals surface area contributed by atoms with Crippen LogP contribution < -0.4 is 10.6 Å². The van der Waals surface area contributed by atoms with Gasteiger partial charge in [0.1, 0.15) is 0 Å². The molecule has 1 saturated carbocycles. The number of nitrogens with zero attached hydrogens (tertiary/aromatic N) is 2. The Balaban J connectivity index is 1.52. The molecule has 1 aliphatic carbocycles. The number of hydrogen-bond acceptors (Lipinski definition) is 4. The first-order valence-electron chi connectivity index (χ1n) is 11.1. The fraction of sp³-hybridized carbons (Fsp3) is 0.696. The van der Waals surface area contributed by atoms with E-state index in [4.69, 9.17) is 9.73 Å². The lowest BCUT2D eigenvalue weighted by molar-refractivity contribution is -0.0704. The summed E-state index contributed by atoms with van der Waals surface area (Å²) in [6.45, 7) is 11.0. The number of guanidine groups is 1. The molecule has 1 heterocycles. The second-order valence-corrected chi connectivity index (χ2v) is 9.61. The Morgan fingerprint density at radius 2 is 1.83 bits per heavy atom. The van der Waals surface area contributed by atoms with Crippen molar-refractivity contribution < 1.29 is 4.74 Å². The van der Waals surface area contributed by atoms with Gasteiger partial charge < -0.3 is 15.4 Å². The number of ether oxygens (including phenoxy) is 1. The maximum Gasteiger partial charge on any atom is 0.191 e. The summed E-state index contributed by atoms with van der Waals surface area (Å²) in [6.07, 6.45) is 6.63. The largest absolute Gasteiger partial charge is 0.373 e. The van der Waals surface area contributed by atoms with Gasteiger partial charge in [0.2, 0.25) is 0 Å². The lowest BCUT2D eigenvalue weighted by Crippen LogP contribution is -2.44. The zero-order chi connectivity index (χ0) is 20.6. The van der Waals surface area contributed by atoms with Gasteiger partial charge in [0.25, 0.3) is 0 Å². The first-order chi connectivity index (χ1) is 14.1. The molecule has 0 amide bonds. The summed E-state index contributed by atoms with van der Waals surface area (Å²) in [4.78, 5) is 7.31. The van der Waals surface area contributed by atoms with Crippen LogP contribution >= 0.6 is 11.8 Å². The molecule has 162 valence electrons. The summed E-state index contributed by atoms with van der Waals surface area (Å²) in [5, 5.41) is 7.82. The van der Waals surface area contributed by atoms with Crippen molar-refractivity contribution in [2.45, 2.75) is 76.6 Å². The van der Waals surface area contributed by atoms with Gasteiger partial charge in [-0.2, -0.15) is 11.8 Å². The van der Waals surface area contributed by atoms with E-state index in [1.165, 1.54) is 30.4 Å². The number of thioether (sulfide) groups is 1. The molecule has 0 aromatic heterocycles. The molecule has 6 heteroatoms. The quantitative estimate of drug-likeness (QED) is 0.523. The minimum atomic E-state index is 0.315. The number of aliphatic imine (C=N–C) groups is 1. The smallest absolute Gasteiger partial charge is 0.191 e. The molecule has 4 unspecified atom stereocenters. The van der Waals surface area contributed by atoms with Crippen molar-refractivity contribution in [1.82, 2.24) is 15.5 Å². The van der Waals surface area contributed by atoms with Crippen molar-refractivity contribution >= 4 is 17.7 Å². The lowest BCUT2D eigenvalue weighted by atomic mass is 10.1. The van der Waals surface area contributed by atoms with Crippen LogP contribution in [0.15, 0.2) is 29.3 Å². The SMILES string of the molecule is CCNC(=NCc1ccc(CN2CC(C)OC(C)C2)cc1)NC1CCC(SC)C1. The fourth-order valence-corrected chi connectivity index (χ4v) is 5.19. The standard InChI is InChI=1S/C23H38N4OS/c1-5-24-23(26-21-10-11-22(12-21)29-4)25-13-19-6-8-20(9-7-19)16-27-14-17(2)28-18(3)15-27/h6-9,17-18,21-22H,5,10-16H2,1-4H3,(H2,24,25,26). The van der Waals surface area contributed by atoms with Crippen molar-refractivity contribution in [2.24, 2.45) is 4.99 Å². The van der Waals surface area contributed by atoms with Gasteiger partial charge in [0.15, 0.2) is 5.96 Å². The van der Waals surface area contributed by atoms with E-state index in [0.29, 0.717) is 24.8 Å². The highest BCUT2D eigenvalue weighted by Gasteiger charge is 2.24. The number of rotatable bonds is 7. The van der Waals surface area contributed by atoms with E-state index in [1.54, 1.807) is 0 Å². The highest BCUT2D eigenvalue weighted by Crippen LogP contribution is 2.28. The molecule has 1 saturated heterocycles. The van der Waals surface area contributed by atoms with Gasteiger partial charge in [-0.25, -0.2) is 4.99 Å². The Morgan fingerprint density at radius 1 is 1.14 bits per heavy atom. The number of benzene rings is 1. The summed E-state index contributed by atoms with van der Waals surface area (Å²) in [5.41, 5.74) is 2.61. The van der Waals surface area contributed by atoms with Gasteiger partial charge in [0.05, 0.1) is 18.8 Å². The Hall–Kier alpha value is -1.24. The normalized spacial score (nSPS) is 28.5. The molecule has 1 aromatic rings. The van der Waals surface area contributed by atoms with Crippen molar-refractivity contribution in [3.63, 3.8) is 0 Å². The molecule has 29 heavy (non-hydrogen) atoms. The maximum absolute atomic E-state index is 5.84. The second kappa shape index (κ2) is 11.2. The van der Waals surface area contributed by atoms with Crippen molar-refractivity contribution in [1.29, 1.82) is 0 Å². The van der Waals surface area contributed by atoms with Crippen LogP contribution in [-0.4, -0.2) is 60.2 Å². The van der Waals surface area contributed by atoms with E-state index in [0.717, 1.165) is 37.4 Å². The summed E-state index contributed by atoms with van der Waals surface area (Å²) in [7, 11) is 0. The van der Waals surface area contributed by atoms with E-state index >= 15 is 0 Å². The topological polar surface area (TPSA) is 48.9 Å². The van der Waals surface area contributed by atoms with Crippen LogP contribution in [0.2, 0.25) is 0 Å². The predicted octanol–water partition coefficient (Wildman–Crippen LogP) is 3.64. The van der Waals surface area contributed by atoms with Crippen LogP contribution in [0.1, 0.15) is 51.2 Å². The number of hydrogen-bond donors (Lipinski definition) is 2. The van der Waals surface area contributed by atoms with E-state index in [1.807, 2.05) is 11.8 Å². The Labute approximate surface area is 181 Å². The van der Waals surface area contributed by atoms with Crippen LogP contribution in [0.25, 0.3) is 0 Å². The van der Waals surface area contributed by atoms with Crippen molar-refractivity contribution in [3.8, 4) is 0 Å². The molecule has 4 atom stereocenters. The summed E-state index contributed by atoms with van der Waals surface area (Å²) in [5.74, 6) is 0.944. The molecule has 1 aliphatic heterocycles.